The van der Waals surface area contributed by atoms with Crippen LogP contribution in [0.3, 0.4) is 0 Å². The van der Waals surface area contributed by atoms with E-state index in [1.54, 1.807) is 7.11 Å². The van der Waals surface area contributed by atoms with Gasteiger partial charge in [-0.1, -0.05) is 36.4 Å². The molecule has 104 valence electrons. The van der Waals surface area contributed by atoms with Crippen LogP contribution in [0.25, 0.3) is 0 Å². The summed E-state index contributed by atoms with van der Waals surface area (Å²) in [7, 11) is 1.73. The summed E-state index contributed by atoms with van der Waals surface area (Å²) in [6, 6.07) is 16.5. The van der Waals surface area contributed by atoms with E-state index in [1.807, 2.05) is 36.4 Å². The maximum atomic E-state index is 5.97. The van der Waals surface area contributed by atoms with Crippen molar-refractivity contribution in [2.24, 2.45) is 0 Å². The van der Waals surface area contributed by atoms with Crippen molar-refractivity contribution in [1.82, 2.24) is 5.32 Å². The van der Waals surface area contributed by atoms with Gasteiger partial charge in [-0.25, -0.2) is 0 Å². The lowest BCUT2D eigenvalue weighted by molar-refractivity contribution is 0.115. The Morgan fingerprint density at radius 3 is 2.15 bits per heavy atom. The molecule has 1 heterocycles. The van der Waals surface area contributed by atoms with Gasteiger partial charge in [0, 0.05) is 24.8 Å². The second-order valence-electron chi connectivity index (χ2n) is 5.07. The fourth-order valence-electron chi connectivity index (χ4n) is 2.50. The number of methoxy groups -OCH3 is 1. The lowest BCUT2D eigenvalue weighted by Gasteiger charge is -2.29. The summed E-state index contributed by atoms with van der Waals surface area (Å²) in [4.78, 5) is 0. The van der Waals surface area contributed by atoms with E-state index in [0.29, 0.717) is 0 Å². The van der Waals surface area contributed by atoms with Gasteiger partial charge in [-0.3, -0.25) is 0 Å². The first-order valence-electron chi connectivity index (χ1n) is 6.91. The van der Waals surface area contributed by atoms with Crippen molar-refractivity contribution in [2.45, 2.75) is 19.1 Å². The van der Waals surface area contributed by atoms with E-state index < -0.39 is 0 Å². The Hall–Kier alpha value is -1.84. The van der Waals surface area contributed by atoms with Crippen LogP contribution in [-0.4, -0.2) is 19.8 Å². The molecule has 0 bridgehead atoms. The summed E-state index contributed by atoms with van der Waals surface area (Å²) in [6.45, 7) is 2.86. The van der Waals surface area contributed by atoms with Crippen LogP contribution in [0.4, 0.5) is 0 Å². The molecular formula is C17H19NO2. The predicted octanol–water partition coefficient (Wildman–Crippen LogP) is 3.51. The smallest absolute Gasteiger partial charge is 0.132 e. The Balaban J connectivity index is 1.95. The van der Waals surface area contributed by atoms with Crippen molar-refractivity contribution < 1.29 is 9.47 Å². The standard InChI is InChI=1S/C17H19NO2/c1-12(19-2)11-18-17-13-7-3-5-9-15(13)20-16-10-6-4-8-14(16)17/h3-10,12,17-18H,11H2,1-2H3. The van der Waals surface area contributed by atoms with Crippen LogP contribution in [0, 0.1) is 0 Å². The maximum absolute atomic E-state index is 5.97. The molecule has 3 heteroatoms. The molecule has 0 amide bonds. The fraction of sp³-hybridized carbons (Fsp3) is 0.294. The summed E-state index contributed by atoms with van der Waals surface area (Å²) >= 11 is 0. The summed E-state index contributed by atoms with van der Waals surface area (Å²) in [5.41, 5.74) is 2.35. The Kier molecular flexibility index (Phi) is 3.72. The molecule has 1 atom stereocenters. The summed E-state index contributed by atoms with van der Waals surface area (Å²) in [5, 5.41) is 3.58. The van der Waals surface area contributed by atoms with Gasteiger partial charge in [0.25, 0.3) is 0 Å². The first-order valence-corrected chi connectivity index (χ1v) is 6.91. The first kappa shape index (κ1) is 13.2. The minimum Gasteiger partial charge on any atom is -0.457 e. The number of nitrogens with one attached hydrogen (secondary N) is 1. The number of benzene rings is 2. The third-order valence-corrected chi connectivity index (χ3v) is 3.69. The number of hydrogen-bond acceptors (Lipinski definition) is 3. The largest absolute Gasteiger partial charge is 0.457 e. The second-order valence-corrected chi connectivity index (χ2v) is 5.07. The average Bonchev–Trinajstić information content (AvgIpc) is 2.51. The fourth-order valence-corrected chi connectivity index (χ4v) is 2.50. The van der Waals surface area contributed by atoms with Gasteiger partial charge in [0.15, 0.2) is 0 Å². The van der Waals surface area contributed by atoms with Crippen molar-refractivity contribution in [1.29, 1.82) is 0 Å². The highest BCUT2D eigenvalue weighted by molar-refractivity contribution is 5.52. The van der Waals surface area contributed by atoms with Crippen LogP contribution in [0.15, 0.2) is 48.5 Å². The topological polar surface area (TPSA) is 30.5 Å². The molecule has 0 aromatic heterocycles. The highest BCUT2D eigenvalue weighted by atomic mass is 16.5. The molecule has 0 radical (unpaired) electrons. The van der Waals surface area contributed by atoms with Crippen LogP contribution >= 0.6 is 0 Å². The van der Waals surface area contributed by atoms with Crippen LogP contribution < -0.4 is 10.1 Å². The minimum atomic E-state index is 0.147. The van der Waals surface area contributed by atoms with Gasteiger partial charge in [0.05, 0.1) is 12.1 Å². The third kappa shape index (κ3) is 2.42. The number of para-hydroxylation sites is 2. The average molecular weight is 269 g/mol. The SMILES string of the molecule is COC(C)CNC1c2ccccc2Oc2ccccc21. The highest BCUT2D eigenvalue weighted by Crippen LogP contribution is 2.42. The van der Waals surface area contributed by atoms with Gasteiger partial charge in [-0.15, -0.1) is 0 Å². The molecule has 3 nitrogen and oxygen atoms in total. The molecular weight excluding hydrogens is 250 g/mol. The molecule has 0 fully saturated rings. The zero-order valence-corrected chi connectivity index (χ0v) is 11.8. The van der Waals surface area contributed by atoms with E-state index in [1.165, 1.54) is 11.1 Å². The summed E-state index contributed by atoms with van der Waals surface area (Å²) < 4.78 is 11.3. The molecule has 1 N–H and O–H groups in total. The molecule has 2 aromatic carbocycles. The lowest BCUT2D eigenvalue weighted by Crippen LogP contribution is -2.32. The van der Waals surface area contributed by atoms with Crippen molar-refractivity contribution in [3.63, 3.8) is 0 Å². The van der Waals surface area contributed by atoms with Gasteiger partial charge < -0.3 is 14.8 Å². The maximum Gasteiger partial charge on any atom is 0.132 e. The van der Waals surface area contributed by atoms with E-state index in [2.05, 4.69) is 24.4 Å². The molecule has 2 aromatic rings. The van der Waals surface area contributed by atoms with E-state index in [9.17, 15) is 0 Å². The lowest BCUT2D eigenvalue weighted by atomic mass is 9.94. The molecule has 20 heavy (non-hydrogen) atoms. The molecule has 0 saturated carbocycles. The summed E-state index contributed by atoms with van der Waals surface area (Å²) in [5.74, 6) is 1.85. The molecule has 0 saturated heterocycles. The molecule has 1 unspecified atom stereocenters. The monoisotopic (exact) mass is 269 g/mol. The summed E-state index contributed by atoms with van der Waals surface area (Å²) in [6.07, 6.45) is 0.178. The van der Waals surface area contributed by atoms with Crippen LogP contribution in [0.1, 0.15) is 24.1 Å². The van der Waals surface area contributed by atoms with E-state index in [-0.39, 0.29) is 12.1 Å². The Labute approximate surface area is 119 Å². The van der Waals surface area contributed by atoms with Gasteiger partial charge in [0.2, 0.25) is 0 Å². The van der Waals surface area contributed by atoms with E-state index in [4.69, 9.17) is 9.47 Å². The molecule has 0 aliphatic carbocycles. The van der Waals surface area contributed by atoms with Crippen molar-refractivity contribution >= 4 is 0 Å². The second kappa shape index (κ2) is 5.65. The minimum absolute atomic E-state index is 0.147. The zero-order valence-electron chi connectivity index (χ0n) is 11.8. The van der Waals surface area contributed by atoms with Crippen molar-refractivity contribution in [3.05, 3.63) is 59.7 Å². The Morgan fingerprint density at radius 1 is 1.05 bits per heavy atom. The predicted molar refractivity (Wildman–Crippen MR) is 79.3 cm³/mol. The number of fused-ring (bicyclic) bond motifs is 2. The number of rotatable bonds is 4. The normalized spacial score (nSPS) is 15.1. The quantitative estimate of drug-likeness (QED) is 0.921. The van der Waals surface area contributed by atoms with Crippen molar-refractivity contribution in [2.75, 3.05) is 13.7 Å². The molecule has 1 aliphatic heterocycles. The van der Waals surface area contributed by atoms with E-state index in [0.717, 1.165) is 18.0 Å². The molecule has 1 aliphatic rings. The van der Waals surface area contributed by atoms with Gasteiger partial charge in [-0.05, 0) is 19.1 Å². The zero-order chi connectivity index (χ0) is 13.9. The highest BCUT2D eigenvalue weighted by Gasteiger charge is 2.26. The third-order valence-electron chi connectivity index (χ3n) is 3.69. The van der Waals surface area contributed by atoms with E-state index >= 15 is 0 Å². The van der Waals surface area contributed by atoms with Crippen molar-refractivity contribution in [3.8, 4) is 11.5 Å². The number of ether oxygens (including phenoxy) is 2. The van der Waals surface area contributed by atoms with Crippen LogP contribution in [0.2, 0.25) is 0 Å². The molecule has 3 rings (SSSR count). The first-order chi connectivity index (χ1) is 9.79. The van der Waals surface area contributed by atoms with Crippen LogP contribution in [0.5, 0.6) is 11.5 Å². The molecule has 0 spiro atoms. The van der Waals surface area contributed by atoms with Gasteiger partial charge >= 0.3 is 0 Å². The number of hydrogen-bond donors (Lipinski definition) is 1. The van der Waals surface area contributed by atoms with Gasteiger partial charge in [-0.2, -0.15) is 0 Å². The van der Waals surface area contributed by atoms with Gasteiger partial charge in [0.1, 0.15) is 11.5 Å². The Morgan fingerprint density at radius 2 is 1.60 bits per heavy atom. The van der Waals surface area contributed by atoms with Crippen LogP contribution in [-0.2, 0) is 4.74 Å². The Bertz CT molecular complexity index is 552.